The van der Waals surface area contributed by atoms with Crippen LogP contribution >= 0.6 is 11.3 Å². The minimum Gasteiger partial charge on any atom is -0.379 e. The third-order valence-corrected chi connectivity index (χ3v) is 4.78. The van der Waals surface area contributed by atoms with E-state index in [9.17, 15) is 4.79 Å². The second-order valence-electron chi connectivity index (χ2n) is 5.80. The van der Waals surface area contributed by atoms with E-state index in [0.717, 1.165) is 23.5 Å². The van der Waals surface area contributed by atoms with Gasteiger partial charge in [-0.15, -0.1) is 10.2 Å². The summed E-state index contributed by atoms with van der Waals surface area (Å²) < 4.78 is 10.3. The average molecular weight is 306 g/mol. The van der Waals surface area contributed by atoms with E-state index < -0.39 is 0 Å². The van der Waals surface area contributed by atoms with Crippen LogP contribution in [0, 0.1) is 0 Å². The predicted octanol–water partition coefficient (Wildman–Crippen LogP) is 1.94. The van der Waals surface area contributed by atoms with Crippen molar-refractivity contribution in [2.75, 3.05) is 18.5 Å². The molecule has 1 saturated carbocycles. The minimum atomic E-state index is -0.351. The molecule has 1 aliphatic heterocycles. The molecule has 0 bridgehead atoms. The molecule has 2 fully saturated rings. The van der Waals surface area contributed by atoms with Gasteiger partial charge < -0.3 is 9.26 Å². The number of rotatable bonds is 4. The molecule has 7 nitrogen and oxygen atoms in total. The van der Waals surface area contributed by atoms with Gasteiger partial charge in [0, 0.05) is 12.0 Å². The Kier molecular flexibility index (Phi) is 2.83. The first kappa shape index (κ1) is 12.9. The van der Waals surface area contributed by atoms with E-state index in [1.807, 2.05) is 6.92 Å². The molecule has 110 valence electrons. The maximum atomic E-state index is 12.1. The van der Waals surface area contributed by atoms with Crippen LogP contribution in [0.3, 0.4) is 0 Å². The second-order valence-corrected chi connectivity index (χ2v) is 6.81. The zero-order valence-electron chi connectivity index (χ0n) is 11.5. The maximum absolute atomic E-state index is 12.1. The van der Waals surface area contributed by atoms with Crippen molar-refractivity contribution < 1.29 is 14.1 Å². The highest BCUT2D eigenvalue weighted by Crippen LogP contribution is 2.42. The topological polar surface area (TPSA) is 90.1 Å². The zero-order chi connectivity index (χ0) is 14.4. The lowest BCUT2D eigenvalue weighted by molar-refractivity contribution is -0.0532. The molecule has 4 rings (SSSR count). The Balaban J connectivity index is 1.46. The van der Waals surface area contributed by atoms with Gasteiger partial charge in [-0.2, -0.15) is 0 Å². The van der Waals surface area contributed by atoms with Gasteiger partial charge in [0.05, 0.1) is 24.3 Å². The Morgan fingerprint density at radius 1 is 1.43 bits per heavy atom. The van der Waals surface area contributed by atoms with Crippen molar-refractivity contribution in [3.63, 3.8) is 0 Å². The molecule has 2 aliphatic rings. The number of ether oxygens (including phenoxy) is 1. The maximum Gasteiger partial charge on any atom is 0.296 e. The number of carbonyl (C=O) groups excluding carboxylic acids is 1. The van der Waals surface area contributed by atoms with Crippen molar-refractivity contribution in [2.45, 2.75) is 31.1 Å². The van der Waals surface area contributed by atoms with Gasteiger partial charge in [0.25, 0.3) is 5.91 Å². The van der Waals surface area contributed by atoms with Gasteiger partial charge in [0.2, 0.25) is 10.9 Å². The highest BCUT2D eigenvalue weighted by atomic mass is 32.1. The van der Waals surface area contributed by atoms with E-state index in [2.05, 4.69) is 20.7 Å². The number of nitrogens with zero attached hydrogens (tertiary/aromatic N) is 3. The molecule has 1 aliphatic carbocycles. The van der Waals surface area contributed by atoms with Crippen molar-refractivity contribution >= 4 is 22.4 Å². The van der Waals surface area contributed by atoms with Crippen molar-refractivity contribution in [1.29, 1.82) is 0 Å². The largest absolute Gasteiger partial charge is 0.379 e. The number of nitrogens with one attached hydrogen (secondary N) is 1. The molecule has 2 aromatic heterocycles. The van der Waals surface area contributed by atoms with Gasteiger partial charge in [-0.3, -0.25) is 10.1 Å². The van der Waals surface area contributed by atoms with Gasteiger partial charge in [0.15, 0.2) is 0 Å². The lowest BCUT2D eigenvalue weighted by atomic mass is 9.85. The summed E-state index contributed by atoms with van der Waals surface area (Å²) in [6, 6.07) is 1.67. The van der Waals surface area contributed by atoms with E-state index in [1.165, 1.54) is 11.3 Å². The molecule has 0 atom stereocenters. The molecular formula is C13H14N4O3S. The number of amides is 1. The molecule has 8 heteroatoms. The first-order valence-electron chi connectivity index (χ1n) is 6.84. The van der Waals surface area contributed by atoms with Crippen LogP contribution in [0.15, 0.2) is 10.6 Å². The summed E-state index contributed by atoms with van der Waals surface area (Å²) in [4.78, 5) is 12.1. The quantitative estimate of drug-likeness (QED) is 0.928. The van der Waals surface area contributed by atoms with Gasteiger partial charge in [-0.05, 0) is 19.8 Å². The second kappa shape index (κ2) is 4.60. The summed E-state index contributed by atoms with van der Waals surface area (Å²) >= 11 is 1.42. The van der Waals surface area contributed by atoms with Gasteiger partial charge in [0.1, 0.15) is 5.01 Å². The number of carbonyl (C=O) groups is 1. The fourth-order valence-electron chi connectivity index (χ4n) is 2.16. The normalized spacial score (nSPS) is 20.0. The highest BCUT2D eigenvalue weighted by Gasteiger charge is 2.38. The first-order valence-corrected chi connectivity index (χ1v) is 7.65. The molecule has 0 spiro atoms. The molecule has 0 unspecified atom stereocenters. The van der Waals surface area contributed by atoms with Crippen LogP contribution in [0.2, 0.25) is 0 Å². The fourth-order valence-corrected chi connectivity index (χ4v) is 3.07. The average Bonchev–Trinajstić information content (AvgIpc) is 2.99. The summed E-state index contributed by atoms with van der Waals surface area (Å²) in [5, 5.41) is 16.2. The van der Waals surface area contributed by atoms with Crippen LogP contribution in [0.1, 0.15) is 46.9 Å². The van der Waals surface area contributed by atoms with Crippen LogP contribution in [0.25, 0.3) is 0 Å². The van der Waals surface area contributed by atoms with E-state index in [4.69, 9.17) is 9.26 Å². The van der Waals surface area contributed by atoms with E-state index in [1.54, 1.807) is 6.07 Å². The molecule has 0 aromatic carbocycles. The van der Waals surface area contributed by atoms with Gasteiger partial charge >= 0.3 is 0 Å². The van der Waals surface area contributed by atoms with Crippen LogP contribution in [0.5, 0.6) is 0 Å². The third-order valence-electron chi connectivity index (χ3n) is 3.78. The molecule has 1 N–H and O–H groups in total. The Hall–Kier alpha value is -1.80. The van der Waals surface area contributed by atoms with Gasteiger partial charge in [-0.25, -0.2) is 0 Å². The zero-order valence-corrected chi connectivity index (χ0v) is 12.3. The van der Waals surface area contributed by atoms with Crippen LogP contribution in [-0.2, 0) is 10.2 Å². The number of hydrogen-bond donors (Lipinski definition) is 1. The molecular weight excluding hydrogens is 292 g/mol. The predicted molar refractivity (Wildman–Crippen MR) is 74.5 cm³/mol. The Morgan fingerprint density at radius 2 is 2.24 bits per heavy atom. The van der Waals surface area contributed by atoms with Crippen LogP contribution in [-0.4, -0.2) is 34.5 Å². The Morgan fingerprint density at radius 3 is 2.90 bits per heavy atom. The fraction of sp³-hybridized carbons (Fsp3) is 0.538. The molecule has 1 amide bonds. The Bertz CT molecular complexity index is 687. The number of anilines is 1. The molecule has 1 saturated heterocycles. The Labute approximate surface area is 124 Å². The van der Waals surface area contributed by atoms with Crippen LogP contribution < -0.4 is 5.32 Å². The monoisotopic (exact) mass is 306 g/mol. The summed E-state index contributed by atoms with van der Waals surface area (Å²) in [6.07, 6.45) is 2.32. The van der Waals surface area contributed by atoms with Crippen molar-refractivity contribution in [1.82, 2.24) is 15.4 Å². The summed E-state index contributed by atoms with van der Waals surface area (Å²) in [5.74, 6) is 0.362. The molecule has 3 heterocycles. The lowest BCUT2D eigenvalue weighted by Gasteiger charge is -2.35. The van der Waals surface area contributed by atoms with Crippen LogP contribution in [0.4, 0.5) is 5.13 Å². The van der Waals surface area contributed by atoms with E-state index in [-0.39, 0.29) is 17.1 Å². The summed E-state index contributed by atoms with van der Waals surface area (Å²) in [6.45, 7) is 3.23. The van der Waals surface area contributed by atoms with Crippen molar-refractivity contribution in [3.05, 3.63) is 22.5 Å². The number of aromatic nitrogens is 3. The molecule has 21 heavy (non-hydrogen) atoms. The third kappa shape index (κ3) is 2.34. The highest BCUT2D eigenvalue weighted by molar-refractivity contribution is 7.15. The minimum absolute atomic E-state index is 0.149. The standard InChI is InChI=1S/C13H14N4O3S/c1-13(5-19-6-13)9-4-8(20-17-9)10(18)14-12-16-15-11(21-12)7-2-3-7/h4,7H,2-3,5-6H2,1H3,(H,14,16,18). The van der Waals surface area contributed by atoms with Crippen molar-refractivity contribution in [3.8, 4) is 0 Å². The van der Waals surface area contributed by atoms with E-state index in [0.29, 0.717) is 24.3 Å². The van der Waals surface area contributed by atoms with E-state index >= 15 is 0 Å². The first-order chi connectivity index (χ1) is 10.1. The summed E-state index contributed by atoms with van der Waals surface area (Å²) in [5.41, 5.74) is 0.596. The smallest absolute Gasteiger partial charge is 0.296 e. The number of hydrogen-bond acceptors (Lipinski definition) is 7. The lowest BCUT2D eigenvalue weighted by Crippen LogP contribution is -2.44. The van der Waals surface area contributed by atoms with Crippen molar-refractivity contribution in [2.24, 2.45) is 0 Å². The molecule has 2 aromatic rings. The SMILES string of the molecule is CC1(c2cc(C(=O)Nc3nnc(C4CC4)s3)on2)COC1. The molecule has 0 radical (unpaired) electrons. The van der Waals surface area contributed by atoms with Gasteiger partial charge in [-0.1, -0.05) is 16.5 Å². The summed E-state index contributed by atoms with van der Waals surface area (Å²) in [7, 11) is 0.